The molecule has 1 heterocycles. The maximum atomic E-state index is 12.8. The first-order valence-electron chi connectivity index (χ1n) is 4.36. The molecule has 1 aliphatic rings. The van der Waals surface area contributed by atoms with Crippen LogP contribution in [0.15, 0.2) is 29.8 Å². The van der Waals surface area contributed by atoms with Crippen LogP contribution in [0, 0.1) is 5.82 Å². The lowest BCUT2D eigenvalue weighted by Gasteiger charge is -1.94. The molecule has 4 heteroatoms. The molecule has 0 aliphatic carbocycles. The molecule has 0 spiro atoms. The maximum absolute atomic E-state index is 12.8. The summed E-state index contributed by atoms with van der Waals surface area (Å²) in [5, 5.41) is 0. The summed E-state index contributed by atoms with van der Waals surface area (Å²) in [4.78, 5) is 21.8. The van der Waals surface area contributed by atoms with E-state index in [4.69, 9.17) is 0 Å². The van der Waals surface area contributed by atoms with Crippen LogP contribution in [0.25, 0.3) is 6.08 Å². The van der Waals surface area contributed by atoms with Gasteiger partial charge in [0.15, 0.2) is 0 Å². The van der Waals surface area contributed by atoms with Crippen molar-refractivity contribution in [1.82, 2.24) is 0 Å². The molecule has 0 saturated carbocycles. The third-order valence-corrected chi connectivity index (χ3v) is 1.99. The highest BCUT2D eigenvalue weighted by Gasteiger charge is 2.26. The fourth-order valence-corrected chi connectivity index (χ4v) is 1.34. The Morgan fingerprint density at radius 1 is 1.33 bits per heavy atom. The first-order valence-corrected chi connectivity index (χ1v) is 4.36. The summed E-state index contributed by atoms with van der Waals surface area (Å²) in [6.45, 7) is 0. The zero-order chi connectivity index (χ0) is 10.8. The van der Waals surface area contributed by atoms with E-state index in [0.29, 0.717) is 5.56 Å². The van der Waals surface area contributed by atoms with Gasteiger partial charge in [-0.05, 0) is 23.8 Å². The quantitative estimate of drug-likeness (QED) is 0.399. The number of rotatable bonds is 1. The average molecular weight is 206 g/mol. The van der Waals surface area contributed by atoms with Gasteiger partial charge < -0.3 is 4.74 Å². The van der Waals surface area contributed by atoms with Crippen molar-refractivity contribution in [2.24, 2.45) is 0 Å². The Hall–Kier alpha value is -1.97. The zero-order valence-corrected chi connectivity index (χ0v) is 7.70. The van der Waals surface area contributed by atoms with Gasteiger partial charge in [-0.25, -0.2) is 9.18 Å². The predicted octanol–water partition coefficient (Wildman–Crippen LogP) is 1.68. The lowest BCUT2D eigenvalue weighted by molar-refractivity contribution is -0.151. The van der Waals surface area contributed by atoms with E-state index >= 15 is 0 Å². The Kier molecular flexibility index (Phi) is 2.33. The second-order valence-corrected chi connectivity index (χ2v) is 3.16. The van der Waals surface area contributed by atoms with E-state index in [2.05, 4.69) is 4.74 Å². The number of carbonyl (C=O) groups is 2. The molecule has 0 N–H and O–H groups in total. The first-order chi connectivity index (χ1) is 7.15. The molecule has 1 aromatic carbocycles. The first kappa shape index (κ1) is 9.58. The lowest BCUT2D eigenvalue weighted by atomic mass is 10.1. The van der Waals surface area contributed by atoms with Crippen LogP contribution in [0.5, 0.6) is 0 Å². The summed E-state index contributed by atoms with van der Waals surface area (Å²) in [7, 11) is 0. The van der Waals surface area contributed by atoms with Gasteiger partial charge in [0.25, 0.3) is 0 Å². The molecule has 0 amide bonds. The number of esters is 2. The maximum Gasteiger partial charge on any atom is 0.342 e. The number of ether oxygens (including phenoxy) is 1. The summed E-state index contributed by atoms with van der Waals surface area (Å²) in [5.41, 5.74) is 0.794. The Balaban J connectivity index is 2.31. The zero-order valence-electron chi connectivity index (χ0n) is 7.70. The molecule has 0 bridgehead atoms. The van der Waals surface area contributed by atoms with Crippen molar-refractivity contribution in [3.63, 3.8) is 0 Å². The van der Waals surface area contributed by atoms with Crippen LogP contribution in [0.3, 0.4) is 0 Å². The van der Waals surface area contributed by atoms with E-state index in [1.807, 2.05) is 0 Å². The standard InChI is InChI=1S/C11H7FO3/c12-9-3-1-2-7(5-9)4-8-6-10(13)15-11(8)14/h1-5H,6H2/b8-4+. The van der Waals surface area contributed by atoms with E-state index in [9.17, 15) is 14.0 Å². The smallest absolute Gasteiger partial charge is 0.342 e. The Bertz CT molecular complexity index is 463. The second-order valence-electron chi connectivity index (χ2n) is 3.16. The summed E-state index contributed by atoms with van der Waals surface area (Å²) in [6, 6.07) is 5.76. The van der Waals surface area contributed by atoms with Gasteiger partial charge >= 0.3 is 11.9 Å². The SMILES string of the molecule is O=C1C/C(=C\c2cccc(F)c2)C(=O)O1. The molecule has 3 nitrogen and oxygen atoms in total. The molecule has 76 valence electrons. The molecular weight excluding hydrogens is 199 g/mol. The van der Waals surface area contributed by atoms with Gasteiger partial charge in [-0.3, -0.25) is 4.79 Å². The molecule has 2 rings (SSSR count). The van der Waals surface area contributed by atoms with Crippen molar-refractivity contribution in [2.45, 2.75) is 6.42 Å². The van der Waals surface area contributed by atoms with E-state index in [1.165, 1.54) is 24.3 Å². The second kappa shape index (κ2) is 3.65. The number of carbonyl (C=O) groups excluding carboxylic acids is 2. The molecule has 1 fully saturated rings. The minimum atomic E-state index is -0.649. The van der Waals surface area contributed by atoms with Crippen molar-refractivity contribution in [3.8, 4) is 0 Å². The molecule has 1 aromatic rings. The van der Waals surface area contributed by atoms with Crippen LogP contribution in [0.2, 0.25) is 0 Å². The van der Waals surface area contributed by atoms with Gasteiger partial charge in [0, 0.05) is 5.57 Å². The largest absolute Gasteiger partial charge is 0.389 e. The summed E-state index contributed by atoms with van der Waals surface area (Å²) >= 11 is 0. The normalized spacial score (nSPS) is 18.3. The molecule has 0 unspecified atom stereocenters. The van der Waals surface area contributed by atoms with Gasteiger partial charge in [-0.15, -0.1) is 0 Å². The molecule has 0 atom stereocenters. The highest BCUT2D eigenvalue weighted by atomic mass is 19.1. The van der Waals surface area contributed by atoms with Gasteiger partial charge in [0.1, 0.15) is 5.82 Å². The molecule has 0 aromatic heterocycles. The van der Waals surface area contributed by atoms with Gasteiger partial charge in [-0.1, -0.05) is 12.1 Å². The lowest BCUT2D eigenvalue weighted by Crippen LogP contribution is -1.96. The van der Waals surface area contributed by atoms with Crippen LogP contribution in [0.1, 0.15) is 12.0 Å². The number of benzene rings is 1. The van der Waals surface area contributed by atoms with Gasteiger partial charge in [-0.2, -0.15) is 0 Å². The van der Waals surface area contributed by atoms with Crippen LogP contribution in [0.4, 0.5) is 4.39 Å². The minimum absolute atomic E-state index is 0.0463. The number of halogens is 1. The van der Waals surface area contributed by atoms with Crippen LogP contribution < -0.4 is 0 Å². The van der Waals surface area contributed by atoms with E-state index < -0.39 is 11.9 Å². The molecular formula is C11H7FO3. The summed E-state index contributed by atoms with van der Waals surface area (Å²) in [5.74, 6) is -1.60. The van der Waals surface area contributed by atoms with E-state index in [-0.39, 0.29) is 17.8 Å². The Labute approximate surface area is 85.2 Å². The van der Waals surface area contributed by atoms with Crippen molar-refractivity contribution in [2.75, 3.05) is 0 Å². The van der Waals surface area contributed by atoms with Crippen molar-refractivity contribution in [1.29, 1.82) is 0 Å². The molecule has 1 aliphatic heterocycles. The fourth-order valence-electron chi connectivity index (χ4n) is 1.34. The average Bonchev–Trinajstić information content (AvgIpc) is 2.45. The van der Waals surface area contributed by atoms with Crippen molar-refractivity contribution < 1.29 is 18.7 Å². The van der Waals surface area contributed by atoms with Gasteiger partial charge in [0.2, 0.25) is 0 Å². The molecule has 15 heavy (non-hydrogen) atoms. The third kappa shape index (κ3) is 2.10. The molecule has 1 saturated heterocycles. The van der Waals surface area contributed by atoms with Crippen molar-refractivity contribution >= 4 is 18.0 Å². The number of hydrogen-bond donors (Lipinski definition) is 0. The summed E-state index contributed by atoms with van der Waals surface area (Å²) in [6.07, 6.45) is 1.41. The van der Waals surface area contributed by atoms with E-state index in [0.717, 1.165) is 0 Å². The monoisotopic (exact) mass is 206 g/mol. The molecule has 0 radical (unpaired) electrons. The Morgan fingerprint density at radius 3 is 2.73 bits per heavy atom. The third-order valence-electron chi connectivity index (χ3n) is 1.99. The van der Waals surface area contributed by atoms with Gasteiger partial charge in [0.05, 0.1) is 6.42 Å². The highest BCUT2D eigenvalue weighted by molar-refractivity contribution is 6.08. The van der Waals surface area contributed by atoms with Crippen LogP contribution >= 0.6 is 0 Å². The predicted molar refractivity (Wildman–Crippen MR) is 50.1 cm³/mol. The Morgan fingerprint density at radius 2 is 2.13 bits per heavy atom. The topological polar surface area (TPSA) is 43.4 Å². The number of cyclic esters (lactones) is 2. The fraction of sp³-hybridized carbons (Fsp3) is 0.0909. The van der Waals surface area contributed by atoms with Crippen molar-refractivity contribution in [3.05, 3.63) is 41.2 Å². The van der Waals surface area contributed by atoms with Crippen LogP contribution in [-0.2, 0) is 14.3 Å². The summed E-state index contributed by atoms with van der Waals surface area (Å²) < 4.78 is 17.1. The minimum Gasteiger partial charge on any atom is -0.389 e. The number of hydrogen-bond acceptors (Lipinski definition) is 3. The van der Waals surface area contributed by atoms with E-state index in [1.54, 1.807) is 6.07 Å². The van der Waals surface area contributed by atoms with Crippen LogP contribution in [-0.4, -0.2) is 11.9 Å². The highest BCUT2D eigenvalue weighted by Crippen LogP contribution is 2.18.